The van der Waals surface area contributed by atoms with Crippen LogP contribution in [-0.2, 0) is 9.59 Å². The zero-order valence-corrected chi connectivity index (χ0v) is 16.4. The van der Waals surface area contributed by atoms with Gasteiger partial charge in [-0.25, -0.2) is 9.29 Å². The molecule has 2 amide bonds. The zero-order valence-electron chi connectivity index (χ0n) is 16.4. The minimum absolute atomic E-state index is 0.182. The molecule has 0 unspecified atom stereocenters. The summed E-state index contributed by atoms with van der Waals surface area (Å²) in [5.41, 5.74) is 1.52. The summed E-state index contributed by atoms with van der Waals surface area (Å²) in [6, 6.07) is 13.1. The van der Waals surface area contributed by atoms with Crippen molar-refractivity contribution in [3.63, 3.8) is 0 Å². The summed E-state index contributed by atoms with van der Waals surface area (Å²) in [7, 11) is 0. The number of carbonyl (C=O) groups excluding carboxylic acids is 2. The minimum atomic E-state index is -0.436. The molecule has 0 saturated carbocycles. The number of ether oxygens (including phenoxy) is 1. The first-order valence-electron chi connectivity index (χ1n) is 9.91. The molecule has 0 aliphatic carbocycles. The van der Waals surface area contributed by atoms with E-state index in [0.29, 0.717) is 31.1 Å². The topological polar surface area (TPSA) is 53.1 Å². The fraction of sp³-hybridized carbons (Fsp3) is 0.364. The van der Waals surface area contributed by atoms with Crippen LogP contribution in [-0.4, -0.2) is 55.5 Å². The molecule has 1 atom stereocenters. The van der Waals surface area contributed by atoms with Crippen LogP contribution in [0.4, 0.5) is 15.8 Å². The molecule has 6 nitrogen and oxygen atoms in total. The summed E-state index contributed by atoms with van der Waals surface area (Å²) in [4.78, 5) is 31.2. The molecule has 29 heavy (non-hydrogen) atoms. The molecule has 0 spiro atoms. The van der Waals surface area contributed by atoms with Crippen molar-refractivity contribution >= 4 is 23.2 Å². The van der Waals surface area contributed by atoms with Gasteiger partial charge >= 0.3 is 0 Å². The lowest BCUT2D eigenvalue weighted by Gasteiger charge is -2.38. The Morgan fingerprint density at radius 2 is 1.72 bits per heavy atom. The molecule has 0 radical (unpaired) electrons. The highest BCUT2D eigenvalue weighted by Crippen LogP contribution is 2.29. The number of hydrogen-bond donors (Lipinski definition) is 0. The normalized spacial score (nSPS) is 20.4. The summed E-state index contributed by atoms with van der Waals surface area (Å²) in [5.74, 6) is 0.0198. The van der Waals surface area contributed by atoms with Gasteiger partial charge in [0.25, 0.3) is 5.91 Å². The second kappa shape index (κ2) is 8.21. The number of nitrogens with zero attached hydrogens (tertiary/aromatic N) is 3. The third kappa shape index (κ3) is 3.96. The molecule has 2 saturated heterocycles. The number of carbonyl (C=O) groups is 2. The maximum atomic E-state index is 13.1. The molecule has 2 aliphatic rings. The molecule has 2 aliphatic heterocycles. The maximum absolute atomic E-state index is 13.1. The molecule has 152 valence electrons. The van der Waals surface area contributed by atoms with E-state index in [2.05, 4.69) is 9.80 Å². The Morgan fingerprint density at radius 3 is 2.41 bits per heavy atom. The standard InChI is InChI=1S/C22H24FN3O3/c1-2-29-19-5-3-4-18(14-19)26-21(27)15-20(22(26)28)25-12-10-24(11-13-25)17-8-6-16(23)7-9-17/h3-9,14,20H,2,10-13,15H2,1H3/t20-/m1/s1. The van der Waals surface area contributed by atoms with Crippen LogP contribution < -0.4 is 14.5 Å². The fourth-order valence-electron chi connectivity index (χ4n) is 4.00. The van der Waals surface area contributed by atoms with Crippen LogP contribution in [0.5, 0.6) is 5.75 Å². The molecule has 0 bridgehead atoms. The van der Waals surface area contributed by atoms with Gasteiger partial charge in [0.15, 0.2) is 0 Å². The smallest absolute Gasteiger partial charge is 0.251 e. The van der Waals surface area contributed by atoms with E-state index in [1.165, 1.54) is 17.0 Å². The second-order valence-corrected chi connectivity index (χ2v) is 7.22. The van der Waals surface area contributed by atoms with Crippen molar-refractivity contribution in [2.24, 2.45) is 0 Å². The van der Waals surface area contributed by atoms with Gasteiger partial charge in [0.05, 0.1) is 24.8 Å². The van der Waals surface area contributed by atoms with E-state index < -0.39 is 6.04 Å². The number of halogens is 1. The van der Waals surface area contributed by atoms with Crippen molar-refractivity contribution in [1.29, 1.82) is 0 Å². The summed E-state index contributed by atoms with van der Waals surface area (Å²) in [6.07, 6.45) is 0.189. The molecular formula is C22H24FN3O3. The summed E-state index contributed by atoms with van der Waals surface area (Å²) in [5, 5.41) is 0. The molecular weight excluding hydrogens is 373 g/mol. The Labute approximate surface area is 169 Å². The molecule has 0 N–H and O–H groups in total. The van der Waals surface area contributed by atoms with E-state index in [9.17, 15) is 14.0 Å². The Morgan fingerprint density at radius 1 is 1.00 bits per heavy atom. The minimum Gasteiger partial charge on any atom is -0.494 e. The highest BCUT2D eigenvalue weighted by molar-refractivity contribution is 6.22. The molecule has 2 aromatic rings. The van der Waals surface area contributed by atoms with Gasteiger partial charge in [-0.2, -0.15) is 0 Å². The quantitative estimate of drug-likeness (QED) is 0.726. The van der Waals surface area contributed by atoms with E-state index in [0.717, 1.165) is 18.8 Å². The molecule has 0 aromatic heterocycles. The average molecular weight is 397 g/mol. The zero-order chi connectivity index (χ0) is 20.4. The number of amides is 2. The first kappa shape index (κ1) is 19.4. The van der Waals surface area contributed by atoms with Gasteiger partial charge in [-0.1, -0.05) is 6.07 Å². The van der Waals surface area contributed by atoms with Crippen molar-refractivity contribution in [3.05, 3.63) is 54.3 Å². The van der Waals surface area contributed by atoms with Gasteiger partial charge in [0, 0.05) is 37.9 Å². The number of piperazine rings is 1. The van der Waals surface area contributed by atoms with Gasteiger partial charge in [-0.15, -0.1) is 0 Å². The van der Waals surface area contributed by atoms with Crippen LogP contribution in [0.25, 0.3) is 0 Å². The van der Waals surface area contributed by atoms with Crippen LogP contribution in [0.2, 0.25) is 0 Å². The van der Waals surface area contributed by atoms with Crippen molar-refractivity contribution in [1.82, 2.24) is 4.90 Å². The molecule has 2 aromatic carbocycles. The third-order valence-electron chi connectivity index (χ3n) is 5.46. The number of hydrogen-bond acceptors (Lipinski definition) is 5. The molecule has 7 heteroatoms. The van der Waals surface area contributed by atoms with Gasteiger partial charge < -0.3 is 9.64 Å². The number of imide groups is 1. The maximum Gasteiger partial charge on any atom is 0.251 e. The van der Waals surface area contributed by atoms with E-state index in [4.69, 9.17) is 4.74 Å². The third-order valence-corrected chi connectivity index (χ3v) is 5.46. The largest absolute Gasteiger partial charge is 0.494 e. The van der Waals surface area contributed by atoms with Gasteiger partial charge in [0.2, 0.25) is 5.91 Å². The fourth-order valence-corrected chi connectivity index (χ4v) is 4.00. The number of anilines is 2. The van der Waals surface area contributed by atoms with Crippen LogP contribution in [0.3, 0.4) is 0 Å². The van der Waals surface area contributed by atoms with Crippen LogP contribution in [0.1, 0.15) is 13.3 Å². The lowest BCUT2D eigenvalue weighted by molar-refractivity contribution is -0.123. The number of benzene rings is 2. The first-order chi connectivity index (χ1) is 14.1. The highest BCUT2D eigenvalue weighted by atomic mass is 19.1. The van der Waals surface area contributed by atoms with E-state index in [1.807, 2.05) is 13.0 Å². The molecule has 2 heterocycles. The van der Waals surface area contributed by atoms with E-state index in [1.54, 1.807) is 30.3 Å². The van der Waals surface area contributed by atoms with Crippen molar-refractivity contribution in [2.75, 3.05) is 42.6 Å². The summed E-state index contributed by atoms with van der Waals surface area (Å²) < 4.78 is 18.6. The van der Waals surface area contributed by atoms with Gasteiger partial charge in [0.1, 0.15) is 11.6 Å². The molecule has 2 fully saturated rings. The Bertz CT molecular complexity index is 894. The van der Waals surface area contributed by atoms with Gasteiger partial charge in [-0.3, -0.25) is 14.5 Å². The lowest BCUT2D eigenvalue weighted by Crippen LogP contribution is -2.52. The average Bonchev–Trinajstić information content (AvgIpc) is 3.03. The van der Waals surface area contributed by atoms with Crippen LogP contribution in [0.15, 0.2) is 48.5 Å². The van der Waals surface area contributed by atoms with Crippen molar-refractivity contribution in [3.8, 4) is 5.75 Å². The van der Waals surface area contributed by atoms with Crippen molar-refractivity contribution in [2.45, 2.75) is 19.4 Å². The second-order valence-electron chi connectivity index (χ2n) is 7.22. The number of rotatable bonds is 5. The lowest BCUT2D eigenvalue weighted by atomic mass is 10.1. The highest BCUT2D eigenvalue weighted by Gasteiger charge is 2.43. The summed E-state index contributed by atoms with van der Waals surface area (Å²) >= 11 is 0. The van der Waals surface area contributed by atoms with Crippen molar-refractivity contribution < 1.29 is 18.7 Å². The van der Waals surface area contributed by atoms with Crippen LogP contribution >= 0.6 is 0 Å². The summed E-state index contributed by atoms with van der Waals surface area (Å²) in [6.45, 7) is 5.21. The SMILES string of the molecule is CCOc1cccc(N2C(=O)C[C@@H](N3CCN(c4ccc(F)cc4)CC3)C2=O)c1. The van der Waals surface area contributed by atoms with Gasteiger partial charge in [-0.05, 0) is 43.3 Å². The van der Waals surface area contributed by atoms with E-state index >= 15 is 0 Å². The molecule has 4 rings (SSSR count). The first-order valence-corrected chi connectivity index (χ1v) is 9.91. The Kier molecular flexibility index (Phi) is 5.49. The van der Waals surface area contributed by atoms with Crippen LogP contribution in [0, 0.1) is 5.82 Å². The predicted octanol–water partition coefficient (Wildman–Crippen LogP) is 2.68. The van der Waals surface area contributed by atoms with E-state index in [-0.39, 0.29) is 24.1 Å². The Hall–Kier alpha value is -2.93. The Balaban J connectivity index is 1.43. The predicted molar refractivity (Wildman–Crippen MR) is 109 cm³/mol. The monoisotopic (exact) mass is 397 g/mol.